The Balaban J connectivity index is 2.27. The second-order valence-corrected chi connectivity index (χ2v) is 3.98. The van der Waals surface area contributed by atoms with Crippen molar-refractivity contribution in [1.82, 2.24) is 4.90 Å². The van der Waals surface area contributed by atoms with Crippen molar-refractivity contribution in [2.24, 2.45) is 0 Å². The van der Waals surface area contributed by atoms with Gasteiger partial charge in [-0.2, -0.15) is 5.26 Å². The lowest BCUT2D eigenvalue weighted by Gasteiger charge is -2.13. The van der Waals surface area contributed by atoms with Gasteiger partial charge in [0.15, 0.2) is 0 Å². The highest BCUT2D eigenvalue weighted by atomic mass is 19.1. The predicted octanol–water partition coefficient (Wildman–Crippen LogP) is 0.354. The number of aliphatic hydroxyl groups excluding tert-OH is 1. The van der Waals surface area contributed by atoms with Crippen molar-refractivity contribution in [3.05, 3.63) is 41.4 Å². The quantitative estimate of drug-likeness (QED) is 0.773. The van der Waals surface area contributed by atoms with Crippen molar-refractivity contribution < 1.29 is 19.1 Å². The summed E-state index contributed by atoms with van der Waals surface area (Å²) < 4.78 is 13.4. The molecule has 1 heterocycles. The number of imide groups is 1. The minimum absolute atomic E-state index is 0.0643. The highest BCUT2D eigenvalue weighted by molar-refractivity contribution is 6.17. The molecule has 1 aliphatic heterocycles. The highest BCUT2D eigenvalue weighted by Gasteiger charge is 2.31. The smallest absolute Gasteiger partial charge is 0.277 e. The number of nitrogens with one attached hydrogen (secondary N) is 1. The number of rotatable bonds is 4. The van der Waals surface area contributed by atoms with Gasteiger partial charge in [0.2, 0.25) is 0 Å². The van der Waals surface area contributed by atoms with E-state index >= 15 is 0 Å². The van der Waals surface area contributed by atoms with Gasteiger partial charge in [0.05, 0.1) is 18.8 Å². The van der Waals surface area contributed by atoms with E-state index < -0.39 is 17.6 Å². The molecule has 1 aromatic carbocycles. The number of benzene rings is 1. The number of β-amino-alcohol motifs (C(OH)–C–C–N with tert-alkyl or cyclic N) is 1. The molecule has 0 saturated heterocycles. The molecule has 2 rings (SSSR count). The summed E-state index contributed by atoms with van der Waals surface area (Å²) in [6.07, 6.45) is 1.05. The fourth-order valence-electron chi connectivity index (χ4n) is 1.80. The monoisotopic (exact) mass is 275 g/mol. The Morgan fingerprint density at radius 2 is 2.15 bits per heavy atom. The summed E-state index contributed by atoms with van der Waals surface area (Å²) in [4.78, 5) is 24.3. The van der Waals surface area contributed by atoms with Gasteiger partial charge in [-0.1, -0.05) is 6.07 Å². The molecule has 2 amide bonds. The maximum atomic E-state index is 13.4. The fourth-order valence-corrected chi connectivity index (χ4v) is 1.80. The topological polar surface area (TPSA) is 93.4 Å². The van der Waals surface area contributed by atoms with Gasteiger partial charge in [0.1, 0.15) is 23.1 Å². The molecule has 7 heteroatoms. The van der Waals surface area contributed by atoms with Crippen LogP contribution in [0, 0.1) is 17.1 Å². The third-order valence-electron chi connectivity index (χ3n) is 2.73. The molecule has 0 bridgehead atoms. The lowest BCUT2D eigenvalue weighted by Crippen LogP contribution is -2.34. The van der Waals surface area contributed by atoms with Gasteiger partial charge in [-0.15, -0.1) is 0 Å². The van der Waals surface area contributed by atoms with E-state index in [-0.39, 0.29) is 30.1 Å². The summed E-state index contributed by atoms with van der Waals surface area (Å²) in [5.41, 5.74) is -0.203. The first kappa shape index (κ1) is 13.7. The molecule has 6 nitrogen and oxygen atoms in total. The van der Waals surface area contributed by atoms with E-state index in [1.54, 1.807) is 6.07 Å². The number of hydrogen-bond acceptors (Lipinski definition) is 5. The first-order valence-corrected chi connectivity index (χ1v) is 5.72. The summed E-state index contributed by atoms with van der Waals surface area (Å²) in [7, 11) is 0. The number of hydrogen-bond donors (Lipinski definition) is 2. The van der Waals surface area contributed by atoms with Crippen molar-refractivity contribution >= 4 is 17.5 Å². The first-order valence-electron chi connectivity index (χ1n) is 5.72. The van der Waals surface area contributed by atoms with E-state index in [2.05, 4.69) is 5.32 Å². The molecule has 0 unspecified atom stereocenters. The standard InChI is InChI=1S/C13H10FN3O3/c14-9-2-1-3-10(8(9)7-15)16-11-6-12(19)17(4-5-18)13(11)20/h1-3,6,16,18H,4-5H2. The fraction of sp³-hybridized carbons (Fsp3) is 0.154. The summed E-state index contributed by atoms with van der Waals surface area (Å²) >= 11 is 0. The molecule has 102 valence electrons. The molecule has 2 N–H and O–H groups in total. The average Bonchev–Trinajstić information content (AvgIpc) is 2.67. The van der Waals surface area contributed by atoms with Crippen LogP contribution >= 0.6 is 0 Å². The predicted molar refractivity (Wildman–Crippen MR) is 66.6 cm³/mol. The number of nitrogens with zero attached hydrogens (tertiary/aromatic N) is 2. The van der Waals surface area contributed by atoms with Gasteiger partial charge in [-0.3, -0.25) is 14.5 Å². The molecule has 20 heavy (non-hydrogen) atoms. The van der Waals surface area contributed by atoms with Gasteiger partial charge in [-0.05, 0) is 12.1 Å². The van der Waals surface area contributed by atoms with Crippen molar-refractivity contribution in [1.29, 1.82) is 5.26 Å². The molecule has 1 aliphatic rings. The number of anilines is 1. The van der Waals surface area contributed by atoms with Gasteiger partial charge >= 0.3 is 0 Å². The van der Waals surface area contributed by atoms with E-state index in [9.17, 15) is 14.0 Å². The van der Waals surface area contributed by atoms with E-state index in [1.807, 2.05) is 0 Å². The maximum Gasteiger partial charge on any atom is 0.277 e. The SMILES string of the molecule is N#Cc1c(F)cccc1NC1=CC(=O)N(CCO)C1=O. The third-order valence-corrected chi connectivity index (χ3v) is 2.73. The molecule has 0 saturated carbocycles. The summed E-state index contributed by atoms with van der Waals surface area (Å²) in [5, 5.41) is 20.2. The molecule has 0 aromatic heterocycles. The zero-order valence-electron chi connectivity index (χ0n) is 10.3. The van der Waals surface area contributed by atoms with Crippen LogP contribution in [0.3, 0.4) is 0 Å². The average molecular weight is 275 g/mol. The molecular formula is C13H10FN3O3. The molecule has 0 atom stereocenters. The van der Waals surface area contributed by atoms with Crippen molar-refractivity contribution in [3.8, 4) is 6.07 Å². The molecule has 0 radical (unpaired) electrons. The summed E-state index contributed by atoms with van der Waals surface area (Å²) in [6, 6.07) is 5.61. The van der Waals surface area contributed by atoms with Gasteiger partial charge in [-0.25, -0.2) is 4.39 Å². The Kier molecular flexibility index (Phi) is 3.77. The minimum atomic E-state index is -0.720. The highest BCUT2D eigenvalue weighted by Crippen LogP contribution is 2.22. The molecule has 1 aromatic rings. The Bertz CT molecular complexity index is 649. The van der Waals surface area contributed by atoms with E-state index in [1.165, 1.54) is 12.1 Å². The van der Waals surface area contributed by atoms with Gasteiger partial charge in [0.25, 0.3) is 11.8 Å². The summed E-state index contributed by atoms with van der Waals surface area (Å²) in [5.74, 6) is -1.92. The molecule has 0 spiro atoms. The number of halogens is 1. The van der Waals surface area contributed by atoms with E-state index in [4.69, 9.17) is 10.4 Å². The summed E-state index contributed by atoms with van der Waals surface area (Å²) in [6.45, 7) is -0.463. The largest absolute Gasteiger partial charge is 0.395 e. The van der Waals surface area contributed by atoms with E-state index in [0.717, 1.165) is 17.0 Å². The molecule has 0 aliphatic carbocycles. The van der Waals surface area contributed by atoms with Crippen LogP contribution in [-0.2, 0) is 9.59 Å². The van der Waals surface area contributed by atoms with Crippen LogP contribution < -0.4 is 5.32 Å². The Morgan fingerprint density at radius 1 is 1.40 bits per heavy atom. The second kappa shape index (κ2) is 5.50. The van der Waals surface area contributed by atoms with Crippen molar-refractivity contribution in [3.63, 3.8) is 0 Å². The lowest BCUT2D eigenvalue weighted by molar-refractivity contribution is -0.137. The number of nitriles is 1. The van der Waals surface area contributed by atoms with Crippen LogP contribution in [-0.4, -0.2) is 35.0 Å². The lowest BCUT2D eigenvalue weighted by atomic mass is 10.2. The van der Waals surface area contributed by atoms with Gasteiger partial charge in [0, 0.05) is 6.08 Å². The number of aliphatic hydroxyl groups is 1. The zero-order valence-corrected chi connectivity index (χ0v) is 10.3. The molecule has 0 fully saturated rings. The van der Waals surface area contributed by atoms with Crippen LogP contribution in [0.25, 0.3) is 0 Å². The normalized spacial score (nSPS) is 14.2. The number of amides is 2. The number of carbonyl (C=O) groups excluding carboxylic acids is 2. The van der Waals surface area contributed by atoms with Gasteiger partial charge < -0.3 is 10.4 Å². The van der Waals surface area contributed by atoms with Crippen LogP contribution in [0.5, 0.6) is 0 Å². The van der Waals surface area contributed by atoms with Crippen LogP contribution in [0.1, 0.15) is 5.56 Å². The van der Waals surface area contributed by atoms with Crippen molar-refractivity contribution in [2.75, 3.05) is 18.5 Å². The van der Waals surface area contributed by atoms with Crippen LogP contribution in [0.2, 0.25) is 0 Å². The van der Waals surface area contributed by atoms with Crippen LogP contribution in [0.15, 0.2) is 30.0 Å². The Hall–Kier alpha value is -2.72. The zero-order chi connectivity index (χ0) is 14.7. The maximum absolute atomic E-state index is 13.4. The van der Waals surface area contributed by atoms with E-state index in [0.29, 0.717) is 0 Å². The minimum Gasteiger partial charge on any atom is -0.395 e. The third kappa shape index (κ3) is 2.37. The number of carbonyl (C=O) groups is 2. The second-order valence-electron chi connectivity index (χ2n) is 3.98. The Labute approximate surface area is 113 Å². The first-order chi connectivity index (χ1) is 9.58. The Morgan fingerprint density at radius 3 is 2.80 bits per heavy atom. The van der Waals surface area contributed by atoms with Crippen LogP contribution in [0.4, 0.5) is 10.1 Å². The molecular weight excluding hydrogens is 265 g/mol. The van der Waals surface area contributed by atoms with Crippen molar-refractivity contribution in [2.45, 2.75) is 0 Å².